The third kappa shape index (κ3) is 3.15. The molecule has 128 valence electrons. The number of piperidine rings is 1. The number of nitrogens with two attached hydrogens (primary N) is 1. The highest BCUT2D eigenvalue weighted by atomic mass is 16.5. The maximum atomic E-state index is 12.3. The van der Waals surface area contributed by atoms with E-state index in [0.29, 0.717) is 49.9 Å². The molecule has 1 aliphatic carbocycles. The summed E-state index contributed by atoms with van der Waals surface area (Å²) >= 11 is 0. The largest absolute Gasteiger partial charge is 0.487 e. The van der Waals surface area contributed by atoms with E-state index in [4.69, 9.17) is 10.5 Å². The summed E-state index contributed by atoms with van der Waals surface area (Å²) < 4.78 is 6.09. The molecule has 2 heterocycles. The molecular formula is C16H26N4O3. The molecule has 0 radical (unpaired) electrons. The minimum Gasteiger partial charge on any atom is -0.487 e. The number of ether oxygens (including phenoxy) is 1. The van der Waals surface area contributed by atoms with Gasteiger partial charge in [0.2, 0.25) is 0 Å². The number of likely N-dealkylation sites (tertiary alicyclic amines) is 1. The highest BCUT2D eigenvalue weighted by Gasteiger charge is 2.44. The van der Waals surface area contributed by atoms with Crippen LogP contribution in [0.2, 0.25) is 0 Å². The van der Waals surface area contributed by atoms with Crippen molar-refractivity contribution < 1.29 is 14.3 Å². The van der Waals surface area contributed by atoms with Crippen molar-refractivity contribution >= 4 is 11.8 Å². The Hall–Kier alpha value is -1.76. The first-order valence-electron chi connectivity index (χ1n) is 8.45. The Morgan fingerprint density at radius 3 is 2.61 bits per heavy atom. The number of ketones is 1. The summed E-state index contributed by atoms with van der Waals surface area (Å²) in [6.45, 7) is 1.42. The molecule has 1 spiro atoms. The molecule has 4 N–H and O–H groups in total. The number of rotatable bonds is 3. The van der Waals surface area contributed by atoms with Crippen molar-refractivity contribution in [3.8, 4) is 0 Å². The Morgan fingerprint density at radius 1 is 1.39 bits per heavy atom. The number of hydrogen-bond acceptors (Lipinski definition) is 5. The van der Waals surface area contributed by atoms with E-state index in [-0.39, 0.29) is 18.4 Å². The molecule has 2 amide bonds. The molecule has 2 fully saturated rings. The minimum absolute atomic E-state index is 0.0113. The van der Waals surface area contributed by atoms with Gasteiger partial charge < -0.3 is 26.0 Å². The van der Waals surface area contributed by atoms with Crippen LogP contribution in [0.15, 0.2) is 11.5 Å². The lowest BCUT2D eigenvalue weighted by atomic mass is 9.83. The van der Waals surface area contributed by atoms with Crippen LogP contribution in [-0.4, -0.2) is 55.0 Å². The number of nitrogens with zero attached hydrogens (tertiary/aromatic N) is 1. The fourth-order valence-electron chi connectivity index (χ4n) is 3.52. The Bertz CT molecular complexity index is 519. The van der Waals surface area contributed by atoms with Gasteiger partial charge in [-0.3, -0.25) is 4.79 Å². The number of hydrogen-bond donors (Lipinski definition) is 3. The van der Waals surface area contributed by atoms with Gasteiger partial charge in [0.1, 0.15) is 17.1 Å². The molecule has 0 unspecified atom stereocenters. The van der Waals surface area contributed by atoms with Crippen LogP contribution in [0.5, 0.6) is 0 Å². The summed E-state index contributed by atoms with van der Waals surface area (Å²) in [5, 5.41) is 5.95. The van der Waals surface area contributed by atoms with Gasteiger partial charge in [0, 0.05) is 39.0 Å². The average Bonchev–Trinajstić information content (AvgIpc) is 2.51. The lowest BCUT2D eigenvalue weighted by molar-refractivity contribution is -0.129. The van der Waals surface area contributed by atoms with Crippen LogP contribution in [0, 0.1) is 0 Å². The van der Waals surface area contributed by atoms with Gasteiger partial charge in [-0.1, -0.05) is 0 Å². The smallest absolute Gasteiger partial charge is 0.317 e. The Labute approximate surface area is 136 Å². The normalized spacial score (nSPS) is 24.3. The van der Waals surface area contributed by atoms with Crippen LogP contribution in [-0.2, 0) is 9.53 Å². The second-order valence-electron chi connectivity index (χ2n) is 6.70. The maximum Gasteiger partial charge on any atom is 0.317 e. The van der Waals surface area contributed by atoms with Crippen LogP contribution in [0.25, 0.3) is 0 Å². The van der Waals surface area contributed by atoms with E-state index in [9.17, 15) is 9.59 Å². The van der Waals surface area contributed by atoms with Crippen LogP contribution in [0.1, 0.15) is 38.5 Å². The summed E-state index contributed by atoms with van der Waals surface area (Å²) in [5.74, 6) is 0.586. The van der Waals surface area contributed by atoms with Gasteiger partial charge in [-0.25, -0.2) is 4.79 Å². The highest BCUT2D eigenvalue weighted by Crippen LogP contribution is 2.37. The minimum atomic E-state index is -0.501. The molecule has 7 heteroatoms. The zero-order valence-electron chi connectivity index (χ0n) is 13.7. The van der Waals surface area contributed by atoms with Crippen molar-refractivity contribution in [3.63, 3.8) is 0 Å². The number of nitrogens with one attached hydrogen (secondary N) is 2. The number of amides is 2. The molecule has 1 saturated carbocycles. The monoisotopic (exact) mass is 322 g/mol. The third-order valence-corrected chi connectivity index (χ3v) is 5.21. The van der Waals surface area contributed by atoms with Gasteiger partial charge in [0.25, 0.3) is 0 Å². The fraction of sp³-hybridized carbons (Fsp3) is 0.750. The van der Waals surface area contributed by atoms with E-state index >= 15 is 0 Å². The summed E-state index contributed by atoms with van der Waals surface area (Å²) in [7, 11) is 1.71. The molecule has 0 aromatic heterocycles. The molecule has 23 heavy (non-hydrogen) atoms. The maximum absolute atomic E-state index is 12.3. The number of likely N-dealkylation sites (N-methyl/N-ethyl adjacent to an activating group) is 1. The first kappa shape index (κ1) is 16.1. The lowest BCUT2D eigenvalue weighted by Crippen LogP contribution is -2.55. The van der Waals surface area contributed by atoms with Crippen molar-refractivity contribution in [2.45, 2.75) is 50.2 Å². The van der Waals surface area contributed by atoms with Crippen molar-refractivity contribution in [1.82, 2.24) is 15.5 Å². The van der Waals surface area contributed by atoms with Gasteiger partial charge in [-0.05, 0) is 19.3 Å². The van der Waals surface area contributed by atoms with Crippen LogP contribution in [0.4, 0.5) is 4.79 Å². The average molecular weight is 322 g/mol. The van der Waals surface area contributed by atoms with Crippen molar-refractivity contribution in [1.29, 1.82) is 0 Å². The number of urea groups is 1. The predicted octanol–water partition coefficient (Wildman–Crippen LogP) is 0.462. The van der Waals surface area contributed by atoms with E-state index in [1.54, 1.807) is 7.05 Å². The van der Waals surface area contributed by atoms with Crippen molar-refractivity contribution in [2.75, 3.05) is 26.7 Å². The Kier molecular flexibility index (Phi) is 4.48. The summed E-state index contributed by atoms with van der Waals surface area (Å²) in [6, 6.07) is 0.355. The number of allylic oxidation sites excluding steroid dienone is 1. The highest BCUT2D eigenvalue weighted by molar-refractivity contribution is 5.96. The van der Waals surface area contributed by atoms with Crippen molar-refractivity contribution in [3.05, 3.63) is 11.5 Å². The topological polar surface area (TPSA) is 96.7 Å². The number of carbonyl (C=O) groups is 2. The summed E-state index contributed by atoms with van der Waals surface area (Å²) in [6.07, 6.45) is 5.04. The van der Waals surface area contributed by atoms with Gasteiger partial charge >= 0.3 is 6.03 Å². The third-order valence-electron chi connectivity index (χ3n) is 5.21. The Morgan fingerprint density at radius 2 is 2.09 bits per heavy atom. The van der Waals surface area contributed by atoms with E-state index < -0.39 is 5.60 Å². The zero-order valence-corrected chi connectivity index (χ0v) is 13.7. The number of carbonyl (C=O) groups excluding carboxylic acids is 2. The molecule has 0 bridgehead atoms. The molecular weight excluding hydrogens is 296 g/mol. The second-order valence-corrected chi connectivity index (χ2v) is 6.70. The fourth-order valence-corrected chi connectivity index (χ4v) is 3.52. The van der Waals surface area contributed by atoms with Crippen LogP contribution < -0.4 is 16.4 Å². The molecule has 7 nitrogen and oxygen atoms in total. The second kappa shape index (κ2) is 6.39. The molecule has 2 aliphatic heterocycles. The first-order chi connectivity index (χ1) is 11.1. The standard InChI is InChI=1S/C16H26N4O3/c1-18-14-12(21)9-16(23-13(14)10-17)5-7-20(8-6-16)15(22)19-11-3-2-4-11/h11,18H,2-10,17H2,1H3,(H,19,22). The molecule has 1 saturated heterocycles. The van der Waals surface area contributed by atoms with E-state index in [1.165, 1.54) is 6.42 Å². The zero-order chi connectivity index (χ0) is 16.4. The molecule has 3 aliphatic rings. The van der Waals surface area contributed by atoms with Gasteiger partial charge in [0.15, 0.2) is 5.78 Å². The number of Topliss-reactive ketones (excluding diaryl/α,β-unsaturated/α-hetero) is 1. The summed E-state index contributed by atoms with van der Waals surface area (Å²) in [5.41, 5.74) is 5.71. The van der Waals surface area contributed by atoms with Gasteiger partial charge in [-0.15, -0.1) is 0 Å². The molecule has 3 rings (SSSR count). The van der Waals surface area contributed by atoms with E-state index in [0.717, 1.165) is 12.8 Å². The molecule has 0 aromatic carbocycles. The summed E-state index contributed by atoms with van der Waals surface area (Å²) in [4.78, 5) is 26.4. The van der Waals surface area contributed by atoms with Crippen molar-refractivity contribution in [2.24, 2.45) is 5.73 Å². The van der Waals surface area contributed by atoms with E-state index in [2.05, 4.69) is 10.6 Å². The van der Waals surface area contributed by atoms with Gasteiger partial charge in [0.05, 0.1) is 13.0 Å². The van der Waals surface area contributed by atoms with Gasteiger partial charge in [-0.2, -0.15) is 0 Å². The predicted molar refractivity (Wildman–Crippen MR) is 85.6 cm³/mol. The van der Waals surface area contributed by atoms with Crippen LogP contribution in [0.3, 0.4) is 0 Å². The SMILES string of the molecule is CNC1=C(CN)OC2(CCN(C(=O)NC3CCC3)CC2)CC1=O. The quantitative estimate of drug-likeness (QED) is 0.701. The van der Waals surface area contributed by atoms with Crippen LogP contribution >= 0.6 is 0 Å². The Balaban J connectivity index is 1.60. The lowest BCUT2D eigenvalue weighted by Gasteiger charge is -2.44. The molecule has 0 atom stereocenters. The van der Waals surface area contributed by atoms with E-state index in [1.807, 2.05) is 4.90 Å². The first-order valence-corrected chi connectivity index (χ1v) is 8.45. The molecule has 0 aromatic rings.